The highest BCUT2D eigenvalue weighted by atomic mass is 16.5. The minimum atomic E-state index is -0.587. The third-order valence-corrected chi connectivity index (χ3v) is 5.92. The first kappa shape index (κ1) is 20.6. The molecule has 1 N–H and O–H groups in total. The molecule has 1 heterocycles. The number of rotatable bonds is 6. The van der Waals surface area contributed by atoms with Crippen LogP contribution in [0.15, 0.2) is 78.9 Å². The number of hydrogen-bond acceptors (Lipinski definition) is 4. The number of hydrogen-bond donors (Lipinski definition) is 1. The molecule has 0 spiro atoms. The van der Waals surface area contributed by atoms with Crippen molar-refractivity contribution in [2.75, 3.05) is 13.7 Å². The zero-order valence-corrected chi connectivity index (χ0v) is 17.3. The molecular weight excluding hydrogens is 388 g/mol. The number of ether oxygens (including phenoxy) is 1. The smallest absolute Gasteiger partial charge is 0.228 e. The Morgan fingerprint density at radius 2 is 1.77 bits per heavy atom. The van der Waals surface area contributed by atoms with Crippen LogP contribution in [0.1, 0.15) is 17.0 Å². The average Bonchev–Trinajstić information content (AvgIpc) is 2.80. The molecule has 3 aromatic rings. The lowest BCUT2D eigenvalue weighted by Crippen LogP contribution is -2.65. The number of nitrogens with zero attached hydrogens (tertiary/aromatic N) is 2. The van der Waals surface area contributed by atoms with E-state index in [4.69, 9.17) is 4.74 Å². The van der Waals surface area contributed by atoms with E-state index in [0.29, 0.717) is 0 Å². The van der Waals surface area contributed by atoms with E-state index in [-0.39, 0.29) is 24.9 Å². The number of carbonyl (C=O) groups excluding carboxylic acids is 1. The highest BCUT2D eigenvalue weighted by Crippen LogP contribution is 2.41. The number of likely N-dealkylation sites (tertiary alicyclic amines) is 1. The van der Waals surface area contributed by atoms with E-state index in [9.17, 15) is 15.2 Å². The van der Waals surface area contributed by atoms with Crippen molar-refractivity contribution in [2.24, 2.45) is 0 Å². The van der Waals surface area contributed by atoms with Gasteiger partial charge in [-0.05, 0) is 34.4 Å². The molecule has 0 aromatic heterocycles. The van der Waals surface area contributed by atoms with Crippen molar-refractivity contribution in [3.05, 3.63) is 90.0 Å². The molecule has 1 aliphatic heterocycles. The van der Waals surface area contributed by atoms with E-state index in [1.807, 2.05) is 78.9 Å². The molecule has 4 rings (SSSR count). The van der Waals surface area contributed by atoms with Gasteiger partial charge in [0.1, 0.15) is 11.8 Å². The van der Waals surface area contributed by atoms with E-state index >= 15 is 0 Å². The van der Waals surface area contributed by atoms with Crippen LogP contribution in [0.25, 0.3) is 11.1 Å². The Morgan fingerprint density at radius 3 is 2.42 bits per heavy atom. The summed E-state index contributed by atoms with van der Waals surface area (Å²) in [4.78, 5) is 14.4. The first-order valence-corrected chi connectivity index (χ1v) is 10.3. The quantitative estimate of drug-likeness (QED) is 0.669. The van der Waals surface area contributed by atoms with Crippen LogP contribution in [0.3, 0.4) is 0 Å². The van der Waals surface area contributed by atoms with Gasteiger partial charge in [0.05, 0.1) is 32.2 Å². The predicted molar refractivity (Wildman–Crippen MR) is 118 cm³/mol. The van der Waals surface area contributed by atoms with Gasteiger partial charge in [-0.25, -0.2) is 0 Å². The Bertz CT molecular complexity index is 1090. The lowest BCUT2D eigenvalue weighted by atomic mass is 9.75. The standard InChI is InChI=1S/C26H24N2O3/c1-31-22-9-5-8-21(15-22)19-10-12-20(13-11-19)26-23(16-27)28(24(26)17-29)25(30)14-18-6-3-2-4-7-18/h2-13,15,23-24,26,29H,14,17H2,1H3/t23-,24-,26-/m0/s1. The fourth-order valence-electron chi connectivity index (χ4n) is 4.31. The molecule has 31 heavy (non-hydrogen) atoms. The van der Waals surface area contributed by atoms with Crippen LogP contribution in [0.5, 0.6) is 5.75 Å². The van der Waals surface area contributed by atoms with E-state index in [1.54, 1.807) is 7.11 Å². The second-order valence-electron chi connectivity index (χ2n) is 7.67. The largest absolute Gasteiger partial charge is 0.497 e. The summed E-state index contributed by atoms with van der Waals surface area (Å²) < 4.78 is 5.30. The minimum absolute atomic E-state index is 0.138. The maximum absolute atomic E-state index is 12.9. The highest BCUT2D eigenvalue weighted by Gasteiger charge is 2.51. The number of carbonyl (C=O) groups is 1. The van der Waals surface area contributed by atoms with E-state index in [2.05, 4.69) is 6.07 Å². The van der Waals surface area contributed by atoms with Gasteiger partial charge in [-0.2, -0.15) is 5.26 Å². The number of aliphatic hydroxyl groups excluding tert-OH is 1. The van der Waals surface area contributed by atoms with Crippen molar-refractivity contribution in [3.63, 3.8) is 0 Å². The third kappa shape index (κ3) is 4.03. The van der Waals surface area contributed by atoms with E-state index in [0.717, 1.165) is 28.0 Å². The fourth-order valence-corrected chi connectivity index (χ4v) is 4.31. The number of methoxy groups -OCH3 is 1. The average molecular weight is 412 g/mol. The molecule has 1 saturated heterocycles. The molecule has 0 aliphatic carbocycles. The summed E-state index contributed by atoms with van der Waals surface area (Å²) in [5, 5.41) is 19.8. The van der Waals surface area contributed by atoms with Crippen molar-refractivity contribution < 1.29 is 14.6 Å². The van der Waals surface area contributed by atoms with Gasteiger partial charge in [-0.15, -0.1) is 0 Å². The van der Waals surface area contributed by atoms with Gasteiger partial charge in [0.25, 0.3) is 0 Å². The molecule has 0 unspecified atom stereocenters. The van der Waals surface area contributed by atoms with E-state index < -0.39 is 12.1 Å². The molecule has 0 saturated carbocycles. The zero-order valence-electron chi connectivity index (χ0n) is 17.3. The topological polar surface area (TPSA) is 73.6 Å². The van der Waals surface area contributed by atoms with E-state index in [1.165, 1.54) is 4.90 Å². The van der Waals surface area contributed by atoms with Crippen LogP contribution in [-0.4, -0.2) is 41.7 Å². The van der Waals surface area contributed by atoms with Crippen LogP contribution in [0, 0.1) is 11.3 Å². The lowest BCUT2D eigenvalue weighted by Gasteiger charge is -2.51. The fraction of sp³-hybridized carbons (Fsp3) is 0.231. The van der Waals surface area contributed by atoms with Gasteiger partial charge < -0.3 is 14.7 Å². The molecule has 156 valence electrons. The number of nitriles is 1. The van der Waals surface area contributed by atoms with Crippen molar-refractivity contribution >= 4 is 5.91 Å². The van der Waals surface area contributed by atoms with Gasteiger partial charge in [-0.1, -0.05) is 66.7 Å². The lowest BCUT2D eigenvalue weighted by molar-refractivity contribution is -0.146. The Morgan fingerprint density at radius 1 is 1.03 bits per heavy atom. The Labute approximate surface area is 182 Å². The molecule has 5 nitrogen and oxygen atoms in total. The monoisotopic (exact) mass is 412 g/mol. The second kappa shape index (κ2) is 9.03. The molecular formula is C26H24N2O3. The molecule has 3 atom stereocenters. The molecule has 3 aromatic carbocycles. The van der Waals surface area contributed by atoms with Gasteiger partial charge in [0.15, 0.2) is 0 Å². The van der Waals surface area contributed by atoms with Crippen molar-refractivity contribution in [1.29, 1.82) is 5.26 Å². The summed E-state index contributed by atoms with van der Waals surface area (Å²) >= 11 is 0. The molecule has 1 amide bonds. The van der Waals surface area contributed by atoms with Crippen molar-refractivity contribution in [2.45, 2.75) is 24.4 Å². The Balaban J connectivity index is 1.53. The minimum Gasteiger partial charge on any atom is -0.497 e. The molecule has 0 radical (unpaired) electrons. The van der Waals surface area contributed by atoms with Crippen LogP contribution in [0.4, 0.5) is 0 Å². The third-order valence-electron chi connectivity index (χ3n) is 5.92. The molecule has 0 bridgehead atoms. The molecule has 1 aliphatic rings. The summed E-state index contributed by atoms with van der Waals surface area (Å²) in [5.74, 6) is 0.438. The summed E-state index contributed by atoms with van der Waals surface area (Å²) in [6.07, 6.45) is 0.219. The maximum Gasteiger partial charge on any atom is 0.228 e. The normalized spacial score (nSPS) is 19.9. The van der Waals surface area contributed by atoms with Crippen LogP contribution in [0.2, 0.25) is 0 Å². The Kier molecular flexibility index (Phi) is 6.01. The number of amides is 1. The maximum atomic E-state index is 12.9. The second-order valence-corrected chi connectivity index (χ2v) is 7.67. The van der Waals surface area contributed by atoms with Gasteiger partial charge in [0, 0.05) is 5.92 Å². The van der Waals surface area contributed by atoms with Crippen LogP contribution >= 0.6 is 0 Å². The summed E-state index contributed by atoms with van der Waals surface area (Å²) in [7, 11) is 1.64. The zero-order chi connectivity index (χ0) is 21.8. The predicted octanol–water partition coefficient (Wildman–Crippen LogP) is 3.78. The highest BCUT2D eigenvalue weighted by molar-refractivity contribution is 5.81. The first-order chi connectivity index (χ1) is 15.2. The van der Waals surface area contributed by atoms with Gasteiger partial charge in [-0.3, -0.25) is 4.79 Å². The number of aliphatic hydroxyl groups is 1. The van der Waals surface area contributed by atoms with Gasteiger partial charge in [0.2, 0.25) is 5.91 Å². The SMILES string of the molecule is COc1cccc(-c2ccc([C@H]3[C@H](C#N)N(C(=O)Cc4ccccc4)[C@H]3CO)cc2)c1. The molecule has 5 heteroatoms. The first-order valence-electron chi connectivity index (χ1n) is 10.3. The number of benzene rings is 3. The summed E-state index contributed by atoms with van der Waals surface area (Å²) in [6, 6.07) is 26.5. The molecule has 1 fully saturated rings. The van der Waals surface area contributed by atoms with Gasteiger partial charge >= 0.3 is 0 Å². The Hall–Kier alpha value is -3.62. The van der Waals surface area contributed by atoms with Crippen LogP contribution < -0.4 is 4.74 Å². The van der Waals surface area contributed by atoms with Crippen molar-refractivity contribution in [3.8, 4) is 22.9 Å². The summed E-state index contributed by atoms with van der Waals surface area (Å²) in [5.41, 5.74) is 3.91. The van der Waals surface area contributed by atoms with Crippen molar-refractivity contribution in [1.82, 2.24) is 4.90 Å². The summed E-state index contributed by atoms with van der Waals surface area (Å²) in [6.45, 7) is -0.180. The van der Waals surface area contributed by atoms with Crippen LogP contribution in [-0.2, 0) is 11.2 Å².